The molecule has 1 aliphatic carbocycles. The van der Waals surface area contributed by atoms with Crippen LogP contribution >= 0.6 is 0 Å². The van der Waals surface area contributed by atoms with Crippen LogP contribution in [-0.4, -0.2) is 18.8 Å². The molecule has 1 fully saturated rings. The van der Waals surface area contributed by atoms with Crippen LogP contribution in [0.1, 0.15) is 39.0 Å². The normalized spacial score (nSPS) is 21.3. The molecule has 2 heteroatoms. The standard InChI is InChI=1S/C9H19NO/c1-2-8-11-9(6-7-10)4-3-5-9/h2-8,10H2,1H3. The van der Waals surface area contributed by atoms with Crippen molar-refractivity contribution in [1.82, 2.24) is 0 Å². The van der Waals surface area contributed by atoms with Crippen molar-refractivity contribution in [1.29, 1.82) is 0 Å². The molecule has 2 N–H and O–H groups in total. The van der Waals surface area contributed by atoms with E-state index in [1.165, 1.54) is 19.3 Å². The monoisotopic (exact) mass is 157 g/mol. The van der Waals surface area contributed by atoms with E-state index in [1.54, 1.807) is 0 Å². The molecule has 0 aromatic heterocycles. The van der Waals surface area contributed by atoms with Gasteiger partial charge in [0.15, 0.2) is 0 Å². The molecule has 0 radical (unpaired) electrons. The summed E-state index contributed by atoms with van der Waals surface area (Å²) in [5, 5.41) is 0. The first-order valence-corrected chi connectivity index (χ1v) is 4.67. The fraction of sp³-hybridized carbons (Fsp3) is 1.00. The second kappa shape index (κ2) is 4.07. The molecule has 0 aromatic rings. The lowest BCUT2D eigenvalue weighted by atomic mass is 9.77. The van der Waals surface area contributed by atoms with Crippen LogP contribution in [0.5, 0.6) is 0 Å². The quantitative estimate of drug-likeness (QED) is 0.659. The molecule has 0 heterocycles. The van der Waals surface area contributed by atoms with E-state index in [0.29, 0.717) is 0 Å². The van der Waals surface area contributed by atoms with Gasteiger partial charge < -0.3 is 10.5 Å². The highest BCUT2D eigenvalue weighted by atomic mass is 16.5. The first-order chi connectivity index (χ1) is 5.33. The third-order valence-electron chi connectivity index (χ3n) is 2.48. The number of rotatable bonds is 5. The average Bonchev–Trinajstić information content (AvgIpc) is 1.95. The highest BCUT2D eigenvalue weighted by molar-refractivity contribution is 4.89. The van der Waals surface area contributed by atoms with E-state index in [4.69, 9.17) is 10.5 Å². The van der Waals surface area contributed by atoms with Gasteiger partial charge in [-0.2, -0.15) is 0 Å². The fourth-order valence-corrected chi connectivity index (χ4v) is 1.62. The summed E-state index contributed by atoms with van der Waals surface area (Å²) in [7, 11) is 0. The van der Waals surface area contributed by atoms with Gasteiger partial charge in [0.05, 0.1) is 5.60 Å². The van der Waals surface area contributed by atoms with E-state index in [9.17, 15) is 0 Å². The topological polar surface area (TPSA) is 35.2 Å². The van der Waals surface area contributed by atoms with Gasteiger partial charge >= 0.3 is 0 Å². The first kappa shape index (κ1) is 9.01. The molecular formula is C9H19NO. The molecule has 0 aromatic carbocycles. The summed E-state index contributed by atoms with van der Waals surface area (Å²) in [6.45, 7) is 3.82. The summed E-state index contributed by atoms with van der Waals surface area (Å²) in [4.78, 5) is 0. The minimum atomic E-state index is 0.199. The maximum absolute atomic E-state index is 5.78. The second-order valence-electron chi connectivity index (χ2n) is 3.42. The van der Waals surface area contributed by atoms with Crippen LogP contribution in [0.3, 0.4) is 0 Å². The van der Waals surface area contributed by atoms with Crippen LogP contribution in [0.4, 0.5) is 0 Å². The van der Waals surface area contributed by atoms with Crippen LogP contribution in [0.2, 0.25) is 0 Å². The van der Waals surface area contributed by atoms with Crippen LogP contribution < -0.4 is 5.73 Å². The largest absolute Gasteiger partial charge is 0.375 e. The number of ether oxygens (including phenoxy) is 1. The van der Waals surface area contributed by atoms with Gasteiger partial charge in [-0.25, -0.2) is 0 Å². The van der Waals surface area contributed by atoms with Gasteiger partial charge in [0.1, 0.15) is 0 Å². The lowest BCUT2D eigenvalue weighted by Crippen LogP contribution is -2.42. The third-order valence-corrected chi connectivity index (χ3v) is 2.48. The molecule has 0 unspecified atom stereocenters. The number of hydrogen-bond donors (Lipinski definition) is 1. The Bertz CT molecular complexity index is 110. The molecule has 1 rings (SSSR count). The molecular weight excluding hydrogens is 138 g/mol. The molecule has 0 amide bonds. The number of hydrogen-bond acceptors (Lipinski definition) is 2. The van der Waals surface area contributed by atoms with Crippen molar-refractivity contribution in [3.05, 3.63) is 0 Å². The van der Waals surface area contributed by atoms with E-state index < -0.39 is 0 Å². The fourth-order valence-electron chi connectivity index (χ4n) is 1.62. The summed E-state index contributed by atoms with van der Waals surface area (Å²) >= 11 is 0. The van der Waals surface area contributed by atoms with Crippen molar-refractivity contribution >= 4 is 0 Å². The zero-order valence-corrected chi connectivity index (χ0v) is 7.44. The lowest BCUT2D eigenvalue weighted by Gasteiger charge is -2.41. The average molecular weight is 157 g/mol. The van der Waals surface area contributed by atoms with Crippen molar-refractivity contribution < 1.29 is 4.74 Å². The minimum absolute atomic E-state index is 0.199. The third kappa shape index (κ3) is 2.17. The predicted octanol–water partition coefficient (Wildman–Crippen LogP) is 1.68. The van der Waals surface area contributed by atoms with Gasteiger partial charge in [0, 0.05) is 6.61 Å². The Hall–Kier alpha value is -0.0800. The predicted molar refractivity (Wildman–Crippen MR) is 46.5 cm³/mol. The molecule has 1 aliphatic rings. The van der Waals surface area contributed by atoms with Gasteiger partial charge in [-0.05, 0) is 38.6 Å². The van der Waals surface area contributed by atoms with Crippen LogP contribution in [0.15, 0.2) is 0 Å². The Balaban J connectivity index is 2.22. The van der Waals surface area contributed by atoms with Gasteiger partial charge in [-0.3, -0.25) is 0 Å². The molecule has 66 valence electrons. The zero-order chi connectivity index (χ0) is 8.16. The maximum atomic E-state index is 5.78. The maximum Gasteiger partial charge on any atom is 0.0694 e. The Morgan fingerprint density at radius 3 is 2.55 bits per heavy atom. The molecule has 11 heavy (non-hydrogen) atoms. The summed E-state index contributed by atoms with van der Waals surface area (Å²) in [6, 6.07) is 0. The highest BCUT2D eigenvalue weighted by Crippen LogP contribution is 2.38. The van der Waals surface area contributed by atoms with Crippen molar-refractivity contribution in [2.75, 3.05) is 13.2 Å². The van der Waals surface area contributed by atoms with Crippen molar-refractivity contribution in [3.8, 4) is 0 Å². The molecule has 0 aliphatic heterocycles. The second-order valence-corrected chi connectivity index (χ2v) is 3.42. The lowest BCUT2D eigenvalue weighted by molar-refractivity contribution is -0.103. The smallest absolute Gasteiger partial charge is 0.0694 e. The first-order valence-electron chi connectivity index (χ1n) is 4.67. The van der Waals surface area contributed by atoms with E-state index >= 15 is 0 Å². The zero-order valence-electron chi connectivity index (χ0n) is 7.44. The summed E-state index contributed by atoms with van der Waals surface area (Å²) < 4.78 is 5.78. The van der Waals surface area contributed by atoms with E-state index in [2.05, 4.69) is 6.92 Å². The van der Waals surface area contributed by atoms with Crippen LogP contribution in [-0.2, 0) is 4.74 Å². The molecule has 2 nitrogen and oxygen atoms in total. The summed E-state index contributed by atoms with van der Waals surface area (Å²) in [6.07, 6.45) is 5.94. The van der Waals surface area contributed by atoms with Crippen molar-refractivity contribution in [2.24, 2.45) is 5.73 Å². The van der Waals surface area contributed by atoms with Crippen LogP contribution in [0, 0.1) is 0 Å². The Morgan fingerprint density at radius 1 is 1.45 bits per heavy atom. The Kier molecular flexibility index (Phi) is 3.34. The van der Waals surface area contributed by atoms with E-state index in [-0.39, 0.29) is 5.60 Å². The van der Waals surface area contributed by atoms with E-state index in [1.807, 2.05) is 0 Å². The Morgan fingerprint density at radius 2 is 2.18 bits per heavy atom. The van der Waals surface area contributed by atoms with Crippen molar-refractivity contribution in [2.45, 2.75) is 44.6 Å². The van der Waals surface area contributed by atoms with Gasteiger partial charge in [-0.1, -0.05) is 6.92 Å². The molecule has 0 atom stereocenters. The number of nitrogens with two attached hydrogens (primary N) is 1. The molecule has 0 bridgehead atoms. The molecule has 1 saturated carbocycles. The molecule has 0 spiro atoms. The SMILES string of the molecule is CCCOC1(CCN)CCC1. The van der Waals surface area contributed by atoms with E-state index in [0.717, 1.165) is 26.0 Å². The summed E-state index contributed by atoms with van der Waals surface area (Å²) in [5.74, 6) is 0. The van der Waals surface area contributed by atoms with Gasteiger partial charge in [0.25, 0.3) is 0 Å². The summed E-state index contributed by atoms with van der Waals surface area (Å²) in [5.41, 5.74) is 5.71. The van der Waals surface area contributed by atoms with Crippen molar-refractivity contribution in [3.63, 3.8) is 0 Å². The van der Waals surface area contributed by atoms with Gasteiger partial charge in [0.2, 0.25) is 0 Å². The van der Waals surface area contributed by atoms with Gasteiger partial charge in [-0.15, -0.1) is 0 Å². The minimum Gasteiger partial charge on any atom is -0.375 e. The molecule has 0 saturated heterocycles. The van der Waals surface area contributed by atoms with Crippen LogP contribution in [0.25, 0.3) is 0 Å². The Labute approximate surface area is 69.1 Å². The highest BCUT2D eigenvalue weighted by Gasteiger charge is 2.36.